The highest BCUT2D eigenvalue weighted by molar-refractivity contribution is 8.00. The van der Waals surface area contributed by atoms with Gasteiger partial charge >= 0.3 is 0 Å². The number of carbonyl (C=O) groups is 1. The molecule has 2 aromatic rings. The van der Waals surface area contributed by atoms with E-state index in [4.69, 9.17) is 0 Å². The summed E-state index contributed by atoms with van der Waals surface area (Å²) in [6.07, 6.45) is 0.751. The molecule has 2 rings (SSSR count). The van der Waals surface area contributed by atoms with Crippen LogP contribution in [0.2, 0.25) is 0 Å². The van der Waals surface area contributed by atoms with Gasteiger partial charge < -0.3 is 9.47 Å². The SMILES string of the molecule is CCN(CC)C(=O)C(C)Sc1nnc(Cc2ccccc2)n1CC. The summed E-state index contributed by atoms with van der Waals surface area (Å²) in [4.78, 5) is 14.3. The van der Waals surface area contributed by atoms with Crippen molar-refractivity contribution in [1.29, 1.82) is 0 Å². The maximum absolute atomic E-state index is 12.5. The molecule has 0 fully saturated rings. The second-order valence-electron chi connectivity index (χ2n) is 5.58. The lowest BCUT2D eigenvalue weighted by atomic mass is 10.1. The molecular weight excluding hydrogens is 320 g/mol. The molecular formula is C18H26N4OS. The second kappa shape index (κ2) is 8.87. The van der Waals surface area contributed by atoms with Crippen molar-refractivity contribution >= 4 is 17.7 Å². The van der Waals surface area contributed by atoms with E-state index in [1.54, 1.807) is 0 Å². The number of hydrogen-bond acceptors (Lipinski definition) is 4. The van der Waals surface area contributed by atoms with Crippen molar-refractivity contribution in [1.82, 2.24) is 19.7 Å². The number of carbonyl (C=O) groups excluding carboxylic acids is 1. The molecule has 1 heterocycles. The van der Waals surface area contributed by atoms with Crippen LogP contribution in [0.5, 0.6) is 0 Å². The monoisotopic (exact) mass is 346 g/mol. The van der Waals surface area contributed by atoms with Gasteiger partial charge in [-0.25, -0.2) is 0 Å². The molecule has 0 saturated heterocycles. The number of hydrogen-bond donors (Lipinski definition) is 0. The first kappa shape index (κ1) is 18.5. The number of benzene rings is 1. The van der Waals surface area contributed by atoms with Gasteiger partial charge in [-0.1, -0.05) is 42.1 Å². The minimum Gasteiger partial charge on any atom is -0.342 e. The Bertz CT molecular complexity index is 652. The summed E-state index contributed by atoms with van der Waals surface area (Å²) in [5, 5.41) is 9.32. The number of rotatable bonds is 8. The molecule has 1 aromatic heterocycles. The smallest absolute Gasteiger partial charge is 0.235 e. The van der Waals surface area contributed by atoms with E-state index in [-0.39, 0.29) is 11.2 Å². The fraction of sp³-hybridized carbons (Fsp3) is 0.500. The maximum atomic E-state index is 12.5. The summed E-state index contributed by atoms with van der Waals surface area (Å²) in [6, 6.07) is 10.3. The van der Waals surface area contributed by atoms with Gasteiger partial charge in [0.2, 0.25) is 5.91 Å². The maximum Gasteiger partial charge on any atom is 0.235 e. The Balaban J connectivity index is 2.12. The van der Waals surface area contributed by atoms with Gasteiger partial charge in [0.05, 0.1) is 5.25 Å². The number of amides is 1. The van der Waals surface area contributed by atoms with Crippen LogP contribution in [0.15, 0.2) is 35.5 Å². The third-order valence-electron chi connectivity index (χ3n) is 4.02. The summed E-state index contributed by atoms with van der Waals surface area (Å²) >= 11 is 1.49. The van der Waals surface area contributed by atoms with Gasteiger partial charge in [-0.3, -0.25) is 4.79 Å². The standard InChI is InChI=1S/C18H26N4OS/c1-5-21(6-2)17(23)14(4)24-18-20-19-16(22(18)7-3)13-15-11-9-8-10-12-15/h8-12,14H,5-7,13H2,1-4H3. The van der Waals surface area contributed by atoms with E-state index in [0.29, 0.717) is 0 Å². The zero-order valence-corrected chi connectivity index (χ0v) is 15.7. The predicted molar refractivity (Wildman–Crippen MR) is 98.2 cm³/mol. The topological polar surface area (TPSA) is 51.0 Å². The van der Waals surface area contributed by atoms with Gasteiger partial charge in [0, 0.05) is 26.1 Å². The number of aromatic nitrogens is 3. The Labute approximate surface area is 148 Å². The van der Waals surface area contributed by atoms with Crippen LogP contribution in [0.3, 0.4) is 0 Å². The average Bonchev–Trinajstić information content (AvgIpc) is 2.98. The summed E-state index contributed by atoms with van der Waals surface area (Å²) < 4.78 is 2.10. The first-order valence-electron chi connectivity index (χ1n) is 8.52. The van der Waals surface area contributed by atoms with Crippen molar-refractivity contribution in [2.45, 2.75) is 51.1 Å². The van der Waals surface area contributed by atoms with Crippen LogP contribution in [0.1, 0.15) is 39.1 Å². The molecule has 0 aliphatic carbocycles. The molecule has 0 radical (unpaired) electrons. The fourth-order valence-corrected chi connectivity index (χ4v) is 3.65. The number of nitrogens with zero attached hydrogens (tertiary/aromatic N) is 4. The quantitative estimate of drug-likeness (QED) is 0.689. The lowest BCUT2D eigenvalue weighted by Gasteiger charge is -2.22. The highest BCUT2D eigenvalue weighted by atomic mass is 32.2. The Morgan fingerprint density at radius 2 is 1.83 bits per heavy atom. The van der Waals surface area contributed by atoms with Gasteiger partial charge in [-0.05, 0) is 33.3 Å². The first-order chi connectivity index (χ1) is 11.6. The lowest BCUT2D eigenvalue weighted by Crippen LogP contribution is -2.36. The van der Waals surface area contributed by atoms with Crippen molar-refractivity contribution in [3.8, 4) is 0 Å². The normalized spacial score (nSPS) is 12.2. The minimum atomic E-state index is -0.163. The van der Waals surface area contributed by atoms with Crippen LogP contribution in [-0.4, -0.2) is 43.9 Å². The van der Waals surface area contributed by atoms with E-state index in [0.717, 1.165) is 37.0 Å². The summed E-state index contributed by atoms with van der Waals surface area (Å²) in [5.74, 6) is 1.09. The molecule has 5 nitrogen and oxygen atoms in total. The van der Waals surface area contributed by atoms with Crippen LogP contribution < -0.4 is 0 Å². The van der Waals surface area contributed by atoms with Gasteiger partial charge in [0.1, 0.15) is 5.82 Å². The Morgan fingerprint density at radius 3 is 2.42 bits per heavy atom. The van der Waals surface area contributed by atoms with Crippen molar-refractivity contribution in [3.63, 3.8) is 0 Å². The van der Waals surface area contributed by atoms with E-state index in [9.17, 15) is 4.79 Å². The molecule has 0 spiro atoms. The van der Waals surface area contributed by atoms with Crippen molar-refractivity contribution in [3.05, 3.63) is 41.7 Å². The van der Waals surface area contributed by atoms with Gasteiger partial charge in [-0.2, -0.15) is 0 Å². The molecule has 0 aliphatic heterocycles. The number of thioether (sulfide) groups is 1. The molecule has 130 valence electrons. The van der Waals surface area contributed by atoms with Crippen LogP contribution >= 0.6 is 11.8 Å². The molecule has 0 aliphatic rings. The van der Waals surface area contributed by atoms with Crippen molar-refractivity contribution in [2.24, 2.45) is 0 Å². The van der Waals surface area contributed by atoms with Crippen LogP contribution in [-0.2, 0) is 17.8 Å². The lowest BCUT2D eigenvalue weighted by molar-refractivity contribution is -0.129. The largest absolute Gasteiger partial charge is 0.342 e. The van der Waals surface area contributed by atoms with E-state index in [1.807, 2.05) is 43.9 Å². The summed E-state index contributed by atoms with van der Waals surface area (Å²) in [6.45, 7) is 10.3. The zero-order chi connectivity index (χ0) is 17.5. The minimum absolute atomic E-state index is 0.153. The van der Waals surface area contributed by atoms with Gasteiger partial charge in [0.25, 0.3) is 0 Å². The van der Waals surface area contributed by atoms with E-state index in [2.05, 4.69) is 33.8 Å². The van der Waals surface area contributed by atoms with E-state index >= 15 is 0 Å². The molecule has 24 heavy (non-hydrogen) atoms. The highest BCUT2D eigenvalue weighted by Crippen LogP contribution is 2.24. The molecule has 0 bridgehead atoms. The highest BCUT2D eigenvalue weighted by Gasteiger charge is 2.22. The molecule has 6 heteroatoms. The Kier molecular flexibility index (Phi) is 6.85. The molecule has 1 unspecified atom stereocenters. The third kappa shape index (κ3) is 4.38. The Hall–Kier alpha value is -1.82. The second-order valence-corrected chi connectivity index (χ2v) is 6.88. The zero-order valence-electron chi connectivity index (χ0n) is 14.9. The molecule has 0 saturated carbocycles. The van der Waals surface area contributed by atoms with Crippen molar-refractivity contribution in [2.75, 3.05) is 13.1 Å². The van der Waals surface area contributed by atoms with Gasteiger partial charge in [-0.15, -0.1) is 10.2 Å². The molecule has 0 N–H and O–H groups in total. The third-order valence-corrected chi connectivity index (χ3v) is 5.09. The van der Waals surface area contributed by atoms with Crippen LogP contribution in [0, 0.1) is 0 Å². The van der Waals surface area contributed by atoms with Crippen LogP contribution in [0.4, 0.5) is 0 Å². The van der Waals surface area contributed by atoms with Crippen LogP contribution in [0.25, 0.3) is 0 Å². The molecule has 1 aromatic carbocycles. The van der Waals surface area contributed by atoms with Crippen molar-refractivity contribution < 1.29 is 4.79 Å². The van der Waals surface area contributed by atoms with E-state index in [1.165, 1.54) is 17.3 Å². The molecule has 1 amide bonds. The molecule has 1 atom stereocenters. The predicted octanol–water partition coefficient (Wildman–Crippen LogP) is 3.24. The summed E-state index contributed by atoms with van der Waals surface area (Å²) in [7, 11) is 0. The first-order valence-corrected chi connectivity index (χ1v) is 9.40. The fourth-order valence-electron chi connectivity index (χ4n) is 2.63. The average molecular weight is 347 g/mol. The Morgan fingerprint density at radius 1 is 1.17 bits per heavy atom. The summed E-state index contributed by atoms with van der Waals surface area (Å²) in [5.41, 5.74) is 1.21. The van der Waals surface area contributed by atoms with Gasteiger partial charge in [0.15, 0.2) is 5.16 Å². The van der Waals surface area contributed by atoms with E-state index < -0.39 is 0 Å².